The van der Waals surface area contributed by atoms with Crippen LogP contribution >= 0.6 is 0 Å². The first-order valence-electron chi connectivity index (χ1n) is 6.01. The van der Waals surface area contributed by atoms with Crippen molar-refractivity contribution in [2.75, 3.05) is 0 Å². The van der Waals surface area contributed by atoms with Gasteiger partial charge in [-0.15, -0.1) is 0 Å². The zero-order valence-corrected chi connectivity index (χ0v) is 9.67. The molecule has 0 aliphatic heterocycles. The Morgan fingerprint density at radius 3 is 2.07 bits per heavy atom. The van der Waals surface area contributed by atoms with Gasteiger partial charge in [0.25, 0.3) is 0 Å². The first-order valence-corrected chi connectivity index (χ1v) is 6.01. The van der Waals surface area contributed by atoms with Crippen molar-refractivity contribution in [1.82, 2.24) is 0 Å². The Bertz CT molecular complexity index is 142. The summed E-state index contributed by atoms with van der Waals surface area (Å²) >= 11 is 0. The van der Waals surface area contributed by atoms with Gasteiger partial charge in [0.05, 0.1) is 0 Å². The van der Waals surface area contributed by atoms with Gasteiger partial charge in [0.2, 0.25) is 0 Å². The molecule has 0 amide bonds. The van der Waals surface area contributed by atoms with Crippen molar-refractivity contribution in [3.63, 3.8) is 0 Å². The van der Waals surface area contributed by atoms with Crippen molar-refractivity contribution in [3.8, 4) is 0 Å². The summed E-state index contributed by atoms with van der Waals surface area (Å²) in [5.74, 6) is 0. The van der Waals surface area contributed by atoms with Crippen LogP contribution in [0.25, 0.3) is 0 Å². The van der Waals surface area contributed by atoms with E-state index in [1.165, 1.54) is 38.5 Å². The molecule has 0 unspecified atom stereocenters. The van der Waals surface area contributed by atoms with E-state index in [0.717, 1.165) is 12.8 Å². The van der Waals surface area contributed by atoms with Crippen LogP contribution in [0.3, 0.4) is 0 Å². The van der Waals surface area contributed by atoms with E-state index >= 15 is 0 Å². The van der Waals surface area contributed by atoms with Crippen LogP contribution in [0.5, 0.6) is 0 Å². The Labute approximate surface area is 90.1 Å². The minimum atomic E-state index is 1.05. The predicted molar refractivity (Wildman–Crippen MR) is 66.2 cm³/mol. The zero-order valence-electron chi connectivity index (χ0n) is 9.67. The van der Waals surface area contributed by atoms with Crippen molar-refractivity contribution in [2.45, 2.75) is 58.3 Å². The molecule has 0 nitrogen and oxygen atoms in total. The summed E-state index contributed by atoms with van der Waals surface area (Å²) in [4.78, 5) is 0. The molecule has 0 aromatic carbocycles. The molecule has 0 saturated carbocycles. The Balaban J connectivity index is 3.13. The fraction of sp³-hybridized carbons (Fsp3) is 0.643. The smallest absolute Gasteiger partial charge is 0.0169 e. The van der Waals surface area contributed by atoms with Crippen LogP contribution in [0.15, 0.2) is 24.3 Å². The molecule has 14 heavy (non-hydrogen) atoms. The third kappa shape index (κ3) is 11.5. The molecule has 1 radical (unpaired) electrons. The van der Waals surface area contributed by atoms with Crippen molar-refractivity contribution in [1.29, 1.82) is 0 Å². The Hall–Kier alpha value is -0.520. The molecule has 0 atom stereocenters. The van der Waals surface area contributed by atoms with Gasteiger partial charge >= 0.3 is 0 Å². The number of hydrogen-bond acceptors (Lipinski definition) is 0. The van der Waals surface area contributed by atoms with Crippen LogP contribution < -0.4 is 0 Å². The lowest BCUT2D eigenvalue weighted by Crippen LogP contribution is -1.70. The van der Waals surface area contributed by atoms with Gasteiger partial charge in [0.1, 0.15) is 0 Å². The van der Waals surface area contributed by atoms with Gasteiger partial charge in [-0.3, -0.25) is 0 Å². The summed E-state index contributed by atoms with van der Waals surface area (Å²) in [5.41, 5.74) is 0. The second-order valence-corrected chi connectivity index (χ2v) is 3.67. The lowest BCUT2D eigenvalue weighted by molar-refractivity contribution is 0.728. The van der Waals surface area contributed by atoms with E-state index in [2.05, 4.69) is 38.2 Å². The Kier molecular flexibility index (Phi) is 12.0. The van der Waals surface area contributed by atoms with Gasteiger partial charge in [-0.25, -0.2) is 0 Å². The molecule has 0 bridgehead atoms. The fourth-order valence-corrected chi connectivity index (χ4v) is 1.28. The largest absolute Gasteiger partial charge is 0.0882 e. The lowest BCUT2D eigenvalue weighted by Gasteiger charge is -1.91. The van der Waals surface area contributed by atoms with Gasteiger partial charge < -0.3 is 0 Å². The monoisotopic (exact) mass is 193 g/mol. The van der Waals surface area contributed by atoms with E-state index in [-0.39, 0.29) is 0 Å². The van der Waals surface area contributed by atoms with E-state index in [0.29, 0.717) is 0 Å². The zero-order chi connectivity index (χ0) is 10.5. The molecule has 0 rings (SSSR count). The van der Waals surface area contributed by atoms with Crippen LogP contribution in [-0.4, -0.2) is 0 Å². The maximum absolute atomic E-state index is 3.81. The second-order valence-electron chi connectivity index (χ2n) is 3.67. The van der Waals surface area contributed by atoms with Gasteiger partial charge in [-0.1, -0.05) is 57.4 Å². The van der Waals surface area contributed by atoms with Gasteiger partial charge in [-0.2, -0.15) is 0 Å². The molecule has 0 aromatic rings. The van der Waals surface area contributed by atoms with Crippen LogP contribution in [0.2, 0.25) is 0 Å². The van der Waals surface area contributed by atoms with Crippen molar-refractivity contribution in [3.05, 3.63) is 31.2 Å². The molecular formula is C14H25. The highest BCUT2D eigenvalue weighted by Crippen LogP contribution is 2.01. The Morgan fingerprint density at radius 1 is 0.857 bits per heavy atom. The third-order valence-electron chi connectivity index (χ3n) is 2.20. The topological polar surface area (TPSA) is 0 Å². The quantitative estimate of drug-likeness (QED) is 0.354. The van der Waals surface area contributed by atoms with Crippen LogP contribution in [0.4, 0.5) is 0 Å². The molecule has 0 N–H and O–H groups in total. The van der Waals surface area contributed by atoms with Gasteiger partial charge in [0, 0.05) is 0 Å². The molecule has 81 valence electrons. The maximum atomic E-state index is 3.81. The first-order chi connectivity index (χ1) is 6.91. The normalized spacial score (nSPS) is 11.9. The molecule has 0 saturated heterocycles. The van der Waals surface area contributed by atoms with Crippen LogP contribution in [0, 0.1) is 6.92 Å². The van der Waals surface area contributed by atoms with Gasteiger partial charge in [-0.05, 0) is 32.1 Å². The summed E-state index contributed by atoms with van der Waals surface area (Å²) in [6, 6.07) is 0. The first kappa shape index (κ1) is 13.5. The SMILES string of the molecule is [CH2]CCC/C=C\C/C=C\CCCCC. The summed E-state index contributed by atoms with van der Waals surface area (Å²) < 4.78 is 0. The molecule has 0 spiro atoms. The third-order valence-corrected chi connectivity index (χ3v) is 2.20. The van der Waals surface area contributed by atoms with E-state index in [1.54, 1.807) is 0 Å². The van der Waals surface area contributed by atoms with E-state index in [4.69, 9.17) is 0 Å². The van der Waals surface area contributed by atoms with Crippen LogP contribution in [-0.2, 0) is 0 Å². The van der Waals surface area contributed by atoms with Gasteiger partial charge in [0.15, 0.2) is 0 Å². The van der Waals surface area contributed by atoms with Crippen LogP contribution in [0.1, 0.15) is 58.3 Å². The number of unbranched alkanes of at least 4 members (excludes halogenated alkanes) is 5. The average Bonchev–Trinajstić information content (AvgIpc) is 2.21. The number of rotatable bonds is 9. The molecular weight excluding hydrogens is 168 g/mol. The van der Waals surface area contributed by atoms with E-state index in [9.17, 15) is 0 Å². The second kappa shape index (κ2) is 12.5. The number of hydrogen-bond donors (Lipinski definition) is 0. The Morgan fingerprint density at radius 2 is 1.50 bits per heavy atom. The van der Waals surface area contributed by atoms with Crippen molar-refractivity contribution in [2.24, 2.45) is 0 Å². The lowest BCUT2D eigenvalue weighted by atomic mass is 10.2. The number of allylic oxidation sites excluding steroid dienone is 4. The summed E-state index contributed by atoms with van der Waals surface area (Å²) in [6.45, 7) is 6.06. The highest BCUT2D eigenvalue weighted by molar-refractivity contribution is 4.92. The maximum Gasteiger partial charge on any atom is -0.0169 e. The molecule has 0 aliphatic rings. The molecule has 0 aliphatic carbocycles. The predicted octanol–water partition coefficient (Wildman–Crippen LogP) is 5.07. The highest BCUT2D eigenvalue weighted by atomic mass is 13.9. The minimum Gasteiger partial charge on any atom is -0.0882 e. The summed E-state index contributed by atoms with van der Waals surface area (Å²) in [6.07, 6.45) is 18.9. The minimum absolute atomic E-state index is 1.05. The highest BCUT2D eigenvalue weighted by Gasteiger charge is 1.81. The average molecular weight is 193 g/mol. The summed E-state index contributed by atoms with van der Waals surface area (Å²) in [5, 5.41) is 0. The van der Waals surface area contributed by atoms with E-state index in [1.807, 2.05) is 0 Å². The summed E-state index contributed by atoms with van der Waals surface area (Å²) in [7, 11) is 0. The standard InChI is InChI=1S/C14H25/c1-3-5-7-9-11-13-14-12-10-8-6-4-2/h9,11-12,14H,1,3-8,10,13H2,2H3/b11-9-,14-12-. The van der Waals surface area contributed by atoms with E-state index < -0.39 is 0 Å². The molecule has 0 fully saturated rings. The van der Waals surface area contributed by atoms with Crippen molar-refractivity contribution >= 4 is 0 Å². The molecule has 0 heterocycles. The molecule has 0 aromatic heterocycles. The fourth-order valence-electron chi connectivity index (χ4n) is 1.28. The molecule has 0 heteroatoms. The van der Waals surface area contributed by atoms with Crippen molar-refractivity contribution < 1.29 is 0 Å².